The average molecular weight is 463 g/mol. The molecular formula is C22H20F3N3O5. The average Bonchev–Trinajstić information content (AvgIpc) is 3.23. The zero-order valence-electron chi connectivity index (χ0n) is 17.9. The van der Waals surface area contributed by atoms with Gasteiger partial charge in [0.15, 0.2) is 18.1 Å². The van der Waals surface area contributed by atoms with Crippen LogP contribution in [-0.4, -0.2) is 42.5 Å². The number of hydrogen-bond acceptors (Lipinski definition) is 6. The molecule has 1 amide bonds. The molecule has 0 aliphatic carbocycles. The minimum absolute atomic E-state index is 0.0839. The number of halogens is 3. The van der Waals surface area contributed by atoms with Crippen molar-refractivity contribution in [2.24, 2.45) is 0 Å². The highest BCUT2D eigenvalue weighted by molar-refractivity contribution is 6.05. The third-order valence-electron chi connectivity index (χ3n) is 4.58. The van der Waals surface area contributed by atoms with E-state index in [1.54, 1.807) is 25.1 Å². The van der Waals surface area contributed by atoms with E-state index in [1.807, 2.05) is 0 Å². The zero-order chi connectivity index (χ0) is 24.2. The predicted molar refractivity (Wildman–Crippen MR) is 112 cm³/mol. The first kappa shape index (κ1) is 23.6. The SMILES string of the molecule is COC(=O)COc1ccc(NC(=O)c2nn(-c3cccc(C(F)(F)F)c3)cc2OC)c(C)c1. The Balaban J connectivity index is 1.81. The molecule has 0 aliphatic rings. The summed E-state index contributed by atoms with van der Waals surface area (Å²) >= 11 is 0. The van der Waals surface area contributed by atoms with Crippen LogP contribution >= 0.6 is 0 Å². The molecule has 0 aliphatic heterocycles. The molecule has 174 valence electrons. The van der Waals surface area contributed by atoms with E-state index in [9.17, 15) is 22.8 Å². The van der Waals surface area contributed by atoms with E-state index in [1.165, 1.54) is 32.5 Å². The van der Waals surface area contributed by atoms with Crippen LogP contribution in [0, 0.1) is 6.92 Å². The number of alkyl halides is 3. The zero-order valence-corrected chi connectivity index (χ0v) is 17.9. The maximum absolute atomic E-state index is 13.0. The van der Waals surface area contributed by atoms with Crippen LogP contribution in [0.25, 0.3) is 5.69 Å². The topological polar surface area (TPSA) is 91.7 Å². The van der Waals surface area contributed by atoms with Crippen molar-refractivity contribution >= 4 is 17.6 Å². The van der Waals surface area contributed by atoms with E-state index in [-0.39, 0.29) is 23.7 Å². The monoisotopic (exact) mass is 463 g/mol. The van der Waals surface area contributed by atoms with Crippen LogP contribution in [0.4, 0.5) is 18.9 Å². The smallest absolute Gasteiger partial charge is 0.416 e. The fourth-order valence-corrected chi connectivity index (χ4v) is 2.87. The second kappa shape index (κ2) is 9.63. The Morgan fingerprint density at radius 3 is 2.52 bits per heavy atom. The number of ether oxygens (including phenoxy) is 3. The molecule has 0 spiro atoms. The molecule has 0 saturated carbocycles. The van der Waals surface area contributed by atoms with E-state index in [0.29, 0.717) is 17.0 Å². The maximum atomic E-state index is 13.0. The number of carbonyl (C=O) groups excluding carboxylic acids is 2. The van der Waals surface area contributed by atoms with Crippen LogP contribution in [0.3, 0.4) is 0 Å². The molecule has 2 aromatic carbocycles. The second-order valence-electron chi connectivity index (χ2n) is 6.83. The van der Waals surface area contributed by atoms with Gasteiger partial charge < -0.3 is 19.5 Å². The van der Waals surface area contributed by atoms with Gasteiger partial charge in [0.2, 0.25) is 0 Å². The Labute approximate surface area is 186 Å². The third-order valence-corrected chi connectivity index (χ3v) is 4.58. The maximum Gasteiger partial charge on any atom is 0.416 e. The van der Waals surface area contributed by atoms with Gasteiger partial charge in [0.25, 0.3) is 5.91 Å². The molecule has 0 radical (unpaired) electrons. The molecule has 3 rings (SSSR count). The number of benzene rings is 2. The predicted octanol–water partition coefficient (Wildman–Crippen LogP) is 4.01. The Morgan fingerprint density at radius 1 is 1.12 bits per heavy atom. The third kappa shape index (κ3) is 5.62. The summed E-state index contributed by atoms with van der Waals surface area (Å²) < 4.78 is 55.2. The summed E-state index contributed by atoms with van der Waals surface area (Å²) in [5.41, 5.74) is 0.250. The lowest BCUT2D eigenvalue weighted by Crippen LogP contribution is -2.15. The lowest BCUT2D eigenvalue weighted by Gasteiger charge is -2.11. The van der Waals surface area contributed by atoms with Crippen LogP contribution in [0.5, 0.6) is 11.5 Å². The summed E-state index contributed by atoms with van der Waals surface area (Å²) in [6.45, 7) is 1.46. The lowest BCUT2D eigenvalue weighted by atomic mass is 10.2. The fourth-order valence-electron chi connectivity index (χ4n) is 2.87. The largest absolute Gasteiger partial charge is 0.493 e. The van der Waals surface area contributed by atoms with E-state index < -0.39 is 23.6 Å². The Kier molecular flexibility index (Phi) is 6.90. The van der Waals surface area contributed by atoms with Gasteiger partial charge in [0.1, 0.15) is 5.75 Å². The summed E-state index contributed by atoms with van der Waals surface area (Å²) in [7, 11) is 2.57. The molecule has 1 aromatic heterocycles. The highest BCUT2D eigenvalue weighted by Crippen LogP contribution is 2.31. The fraction of sp³-hybridized carbons (Fsp3) is 0.227. The number of carbonyl (C=O) groups is 2. The molecule has 0 fully saturated rings. The van der Waals surface area contributed by atoms with Crippen molar-refractivity contribution in [1.29, 1.82) is 0 Å². The van der Waals surface area contributed by atoms with Gasteiger partial charge >= 0.3 is 12.1 Å². The molecule has 0 atom stereocenters. The number of rotatable bonds is 7. The highest BCUT2D eigenvalue weighted by Gasteiger charge is 2.30. The molecule has 0 unspecified atom stereocenters. The van der Waals surface area contributed by atoms with Crippen LogP contribution in [0.1, 0.15) is 21.6 Å². The van der Waals surface area contributed by atoms with E-state index >= 15 is 0 Å². The molecule has 1 N–H and O–H groups in total. The number of methoxy groups -OCH3 is 2. The molecule has 1 heterocycles. The number of hydrogen-bond donors (Lipinski definition) is 1. The summed E-state index contributed by atoms with van der Waals surface area (Å²) in [4.78, 5) is 24.0. The van der Waals surface area contributed by atoms with Gasteiger partial charge in [0.05, 0.1) is 31.7 Å². The van der Waals surface area contributed by atoms with E-state index in [4.69, 9.17) is 9.47 Å². The molecule has 3 aromatic rings. The van der Waals surface area contributed by atoms with Gasteiger partial charge in [-0.1, -0.05) is 6.07 Å². The van der Waals surface area contributed by atoms with Gasteiger partial charge in [-0.2, -0.15) is 18.3 Å². The number of aryl methyl sites for hydroxylation is 1. The molecule has 8 nitrogen and oxygen atoms in total. The summed E-state index contributed by atoms with van der Waals surface area (Å²) in [5, 5.41) is 6.80. The van der Waals surface area contributed by atoms with Crippen molar-refractivity contribution < 1.29 is 37.0 Å². The Morgan fingerprint density at radius 2 is 1.88 bits per heavy atom. The van der Waals surface area contributed by atoms with Crippen LogP contribution in [0.2, 0.25) is 0 Å². The van der Waals surface area contributed by atoms with Crippen LogP contribution in [-0.2, 0) is 15.7 Å². The van der Waals surface area contributed by atoms with Gasteiger partial charge in [-0.15, -0.1) is 0 Å². The summed E-state index contributed by atoms with van der Waals surface area (Å²) in [5.74, 6) is -0.666. The van der Waals surface area contributed by atoms with Gasteiger partial charge in [0, 0.05) is 5.69 Å². The minimum atomic E-state index is -4.52. The first-order valence-electron chi connectivity index (χ1n) is 9.55. The minimum Gasteiger partial charge on any atom is -0.493 e. The van der Waals surface area contributed by atoms with Crippen LogP contribution < -0.4 is 14.8 Å². The quantitative estimate of drug-likeness (QED) is 0.533. The van der Waals surface area contributed by atoms with Crippen molar-refractivity contribution in [3.8, 4) is 17.2 Å². The number of amides is 1. The van der Waals surface area contributed by atoms with Crippen molar-refractivity contribution in [2.75, 3.05) is 26.1 Å². The Bertz CT molecular complexity index is 1170. The van der Waals surface area contributed by atoms with Gasteiger partial charge in [-0.25, -0.2) is 9.48 Å². The number of nitrogens with one attached hydrogen (secondary N) is 1. The number of nitrogens with zero attached hydrogens (tertiary/aromatic N) is 2. The van der Waals surface area contributed by atoms with E-state index in [2.05, 4.69) is 15.2 Å². The second-order valence-corrected chi connectivity index (χ2v) is 6.83. The summed E-state index contributed by atoms with van der Waals surface area (Å²) in [6, 6.07) is 9.31. The number of aromatic nitrogens is 2. The Hall–Kier alpha value is -4.02. The van der Waals surface area contributed by atoms with Gasteiger partial charge in [-0.05, 0) is 48.9 Å². The van der Waals surface area contributed by atoms with Crippen LogP contribution in [0.15, 0.2) is 48.7 Å². The molecule has 0 bridgehead atoms. The first-order valence-corrected chi connectivity index (χ1v) is 9.55. The number of esters is 1. The normalized spacial score (nSPS) is 11.1. The van der Waals surface area contributed by atoms with Crippen molar-refractivity contribution in [2.45, 2.75) is 13.1 Å². The van der Waals surface area contributed by atoms with Gasteiger partial charge in [-0.3, -0.25) is 4.79 Å². The van der Waals surface area contributed by atoms with Crippen molar-refractivity contribution in [3.05, 3.63) is 65.5 Å². The standard InChI is InChI=1S/C22H20F3N3O5/c1-13-9-16(33-12-19(29)32-3)7-8-17(13)26-21(30)20-18(31-2)11-28(27-20)15-6-4-5-14(10-15)22(23,24)25/h4-11H,12H2,1-3H3,(H,26,30). The molecule has 33 heavy (non-hydrogen) atoms. The lowest BCUT2D eigenvalue weighted by molar-refractivity contribution is -0.143. The highest BCUT2D eigenvalue weighted by atomic mass is 19.4. The molecule has 11 heteroatoms. The molecule has 0 saturated heterocycles. The van der Waals surface area contributed by atoms with E-state index in [0.717, 1.165) is 16.8 Å². The first-order chi connectivity index (χ1) is 15.6. The number of anilines is 1. The summed E-state index contributed by atoms with van der Waals surface area (Å²) in [6.07, 6.45) is -3.20. The van der Waals surface area contributed by atoms with Crippen molar-refractivity contribution in [3.63, 3.8) is 0 Å². The van der Waals surface area contributed by atoms with Crippen molar-refractivity contribution in [1.82, 2.24) is 9.78 Å². The molecular weight excluding hydrogens is 443 g/mol.